The molecule has 0 saturated heterocycles. The normalized spacial score (nSPS) is 11.5. The van der Waals surface area contributed by atoms with Crippen molar-refractivity contribution in [3.8, 4) is 6.07 Å². The van der Waals surface area contributed by atoms with Gasteiger partial charge >= 0.3 is 0 Å². The molecule has 0 unspecified atom stereocenters. The zero-order valence-electron chi connectivity index (χ0n) is 11.4. The van der Waals surface area contributed by atoms with Crippen LogP contribution in [-0.4, -0.2) is 16.9 Å². The van der Waals surface area contributed by atoms with E-state index in [9.17, 15) is 9.18 Å². The minimum atomic E-state index is -0.816. The second-order valence-electron chi connectivity index (χ2n) is 4.55. The smallest absolute Gasteiger partial charge is 0.240 e. The van der Waals surface area contributed by atoms with Crippen molar-refractivity contribution in [3.05, 3.63) is 58.1 Å². The first-order valence-electron chi connectivity index (χ1n) is 6.36. The highest BCUT2D eigenvalue weighted by Crippen LogP contribution is 2.25. The Morgan fingerprint density at radius 3 is 2.86 bits per heavy atom. The van der Waals surface area contributed by atoms with Crippen LogP contribution in [0.15, 0.2) is 41.0 Å². The number of nitrogens with zero attached hydrogens (tertiary/aromatic N) is 2. The van der Waals surface area contributed by atoms with E-state index in [1.807, 2.05) is 6.07 Å². The van der Waals surface area contributed by atoms with Crippen LogP contribution in [0.5, 0.6) is 0 Å². The molecule has 0 aliphatic heterocycles. The van der Waals surface area contributed by atoms with E-state index in [0.29, 0.717) is 10.2 Å². The highest BCUT2D eigenvalue weighted by molar-refractivity contribution is 9.10. The number of hydrogen-bond acceptors (Lipinski definition) is 4. The summed E-state index contributed by atoms with van der Waals surface area (Å²) in [6.07, 6.45) is 1.83. The van der Waals surface area contributed by atoms with Crippen molar-refractivity contribution in [1.82, 2.24) is 4.98 Å². The maximum Gasteiger partial charge on any atom is 0.240 e. The summed E-state index contributed by atoms with van der Waals surface area (Å²) >= 11 is 3.18. The van der Waals surface area contributed by atoms with Gasteiger partial charge in [0.25, 0.3) is 0 Å². The molecule has 7 heteroatoms. The number of benzene rings is 1. The molecule has 1 amide bonds. The SMILES string of the molecule is N#Cc1cc(F)c(N[C@H](Cc2ccccn2)C(N)=O)cc1Br. The molecule has 1 heterocycles. The van der Waals surface area contributed by atoms with E-state index in [-0.39, 0.29) is 17.7 Å². The standard InChI is InChI=1S/C15H12BrFN4O/c16-11-7-13(12(17)5-9(11)8-18)21-14(15(19)22)6-10-3-1-2-4-20-10/h1-5,7,14,21H,6H2,(H2,19,22)/t14-/m1/s1. The fourth-order valence-electron chi connectivity index (χ4n) is 1.88. The van der Waals surface area contributed by atoms with Crippen molar-refractivity contribution in [2.75, 3.05) is 5.32 Å². The Bertz CT molecular complexity index is 730. The zero-order chi connectivity index (χ0) is 16.1. The third kappa shape index (κ3) is 3.80. The Kier molecular flexibility index (Phi) is 5.07. The fraction of sp³-hybridized carbons (Fsp3) is 0.133. The van der Waals surface area contributed by atoms with Crippen LogP contribution in [0.2, 0.25) is 0 Å². The molecule has 0 fully saturated rings. The zero-order valence-corrected chi connectivity index (χ0v) is 13.0. The van der Waals surface area contributed by atoms with Crippen molar-refractivity contribution in [2.45, 2.75) is 12.5 Å². The summed E-state index contributed by atoms with van der Waals surface area (Å²) in [5, 5.41) is 11.6. The second-order valence-corrected chi connectivity index (χ2v) is 5.40. The molecule has 0 aliphatic carbocycles. The van der Waals surface area contributed by atoms with Crippen molar-refractivity contribution in [3.63, 3.8) is 0 Å². The predicted octanol–water partition coefficient (Wildman–Crippen LogP) is 2.36. The molecule has 0 radical (unpaired) electrons. The Labute approximate surface area is 135 Å². The fourth-order valence-corrected chi connectivity index (χ4v) is 2.31. The molecule has 5 nitrogen and oxygen atoms in total. The summed E-state index contributed by atoms with van der Waals surface area (Å²) < 4.78 is 14.4. The van der Waals surface area contributed by atoms with Gasteiger partial charge in [-0.2, -0.15) is 5.26 Å². The highest BCUT2D eigenvalue weighted by atomic mass is 79.9. The minimum absolute atomic E-state index is 0.0885. The maximum absolute atomic E-state index is 14.0. The largest absolute Gasteiger partial charge is 0.371 e. The highest BCUT2D eigenvalue weighted by Gasteiger charge is 2.19. The molecule has 3 N–H and O–H groups in total. The summed E-state index contributed by atoms with van der Waals surface area (Å²) in [6.45, 7) is 0. The number of carbonyl (C=O) groups excluding carboxylic acids is 1. The van der Waals surface area contributed by atoms with E-state index in [1.165, 1.54) is 6.07 Å². The van der Waals surface area contributed by atoms with Crippen LogP contribution >= 0.6 is 15.9 Å². The number of amides is 1. The Morgan fingerprint density at radius 2 is 2.27 bits per heavy atom. The summed E-state index contributed by atoms with van der Waals surface area (Å²) in [5.74, 6) is -1.25. The topological polar surface area (TPSA) is 91.8 Å². The molecular weight excluding hydrogens is 351 g/mol. The van der Waals surface area contributed by atoms with E-state index in [2.05, 4.69) is 26.2 Å². The molecule has 0 spiro atoms. The Balaban J connectivity index is 2.24. The van der Waals surface area contributed by atoms with Gasteiger partial charge in [0.05, 0.1) is 11.3 Å². The number of carbonyl (C=O) groups is 1. The second kappa shape index (κ2) is 7.00. The number of hydrogen-bond donors (Lipinski definition) is 2. The summed E-state index contributed by atoms with van der Waals surface area (Å²) in [5.41, 5.74) is 6.28. The lowest BCUT2D eigenvalue weighted by atomic mass is 10.1. The lowest BCUT2D eigenvalue weighted by Crippen LogP contribution is -2.37. The van der Waals surface area contributed by atoms with Gasteiger partial charge in [0.2, 0.25) is 5.91 Å². The van der Waals surface area contributed by atoms with Crippen LogP contribution in [0.3, 0.4) is 0 Å². The van der Waals surface area contributed by atoms with Gasteiger partial charge in [-0.3, -0.25) is 9.78 Å². The third-order valence-electron chi connectivity index (χ3n) is 2.99. The summed E-state index contributed by atoms with van der Waals surface area (Å²) in [4.78, 5) is 15.7. The monoisotopic (exact) mass is 362 g/mol. The number of nitriles is 1. The van der Waals surface area contributed by atoms with Crippen LogP contribution in [0.4, 0.5) is 10.1 Å². The molecule has 1 aromatic carbocycles. The number of primary amides is 1. The number of nitrogens with two attached hydrogens (primary N) is 1. The molecular formula is C15H12BrFN4O. The average Bonchev–Trinajstić information content (AvgIpc) is 2.50. The number of pyridine rings is 1. The van der Waals surface area contributed by atoms with E-state index in [1.54, 1.807) is 24.4 Å². The van der Waals surface area contributed by atoms with E-state index in [0.717, 1.165) is 6.07 Å². The summed E-state index contributed by atoms with van der Waals surface area (Å²) in [7, 11) is 0. The van der Waals surface area contributed by atoms with Gasteiger partial charge in [0, 0.05) is 22.8 Å². The van der Waals surface area contributed by atoms with Crippen molar-refractivity contribution >= 4 is 27.5 Å². The number of nitrogens with one attached hydrogen (secondary N) is 1. The first-order chi connectivity index (χ1) is 10.5. The summed E-state index contributed by atoms with van der Waals surface area (Å²) in [6, 6.07) is 8.84. The molecule has 0 saturated carbocycles. The average molecular weight is 363 g/mol. The van der Waals surface area contributed by atoms with E-state index in [4.69, 9.17) is 11.0 Å². The van der Waals surface area contributed by atoms with Crippen LogP contribution in [0.25, 0.3) is 0 Å². The van der Waals surface area contributed by atoms with Gasteiger partial charge in [0.1, 0.15) is 17.9 Å². The van der Waals surface area contributed by atoms with E-state index >= 15 is 0 Å². The van der Waals surface area contributed by atoms with Crippen LogP contribution in [0.1, 0.15) is 11.3 Å². The lowest BCUT2D eigenvalue weighted by Gasteiger charge is -2.17. The quantitative estimate of drug-likeness (QED) is 0.853. The molecule has 0 bridgehead atoms. The Morgan fingerprint density at radius 1 is 1.50 bits per heavy atom. The van der Waals surface area contributed by atoms with Crippen LogP contribution in [0, 0.1) is 17.1 Å². The van der Waals surface area contributed by atoms with Crippen LogP contribution < -0.4 is 11.1 Å². The van der Waals surface area contributed by atoms with Crippen molar-refractivity contribution in [2.24, 2.45) is 5.73 Å². The van der Waals surface area contributed by atoms with Crippen molar-refractivity contribution in [1.29, 1.82) is 5.26 Å². The third-order valence-corrected chi connectivity index (χ3v) is 3.65. The van der Waals surface area contributed by atoms with Gasteiger partial charge < -0.3 is 11.1 Å². The van der Waals surface area contributed by atoms with Gasteiger partial charge in [0.15, 0.2) is 0 Å². The number of halogens is 2. The van der Waals surface area contributed by atoms with Gasteiger partial charge in [-0.25, -0.2) is 4.39 Å². The predicted molar refractivity (Wildman–Crippen MR) is 83.4 cm³/mol. The number of aromatic nitrogens is 1. The van der Waals surface area contributed by atoms with Gasteiger partial charge in [-0.1, -0.05) is 6.07 Å². The minimum Gasteiger partial charge on any atom is -0.371 e. The first-order valence-corrected chi connectivity index (χ1v) is 7.15. The molecule has 1 atom stereocenters. The molecule has 2 aromatic rings. The molecule has 1 aromatic heterocycles. The maximum atomic E-state index is 14.0. The molecule has 2 rings (SSSR count). The molecule has 112 valence electrons. The Hall–Kier alpha value is -2.46. The van der Waals surface area contributed by atoms with Gasteiger partial charge in [-0.05, 0) is 40.2 Å². The molecule has 22 heavy (non-hydrogen) atoms. The van der Waals surface area contributed by atoms with E-state index < -0.39 is 17.8 Å². The van der Waals surface area contributed by atoms with Gasteiger partial charge in [-0.15, -0.1) is 0 Å². The number of anilines is 1. The van der Waals surface area contributed by atoms with Crippen LogP contribution in [-0.2, 0) is 11.2 Å². The molecule has 0 aliphatic rings. The first kappa shape index (κ1) is 15.9. The number of rotatable bonds is 5. The lowest BCUT2D eigenvalue weighted by molar-refractivity contribution is -0.118. The van der Waals surface area contributed by atoms with Crippen molar-refractivity contribution < 1.29 is 9.18 Å².